The summed E-state index contributed by atoms with van der Waals surface area (Å²) in [5.41, 5.74) is 10.1. The largest absolute Gasteiger partial charge is 0.340 e. The number of pyridine rings is 1. The van der Waals surface area contributed by atoms with E-state index in [0.29, 0.717) is 0 Å². The van der Waals surface area contributed by atoms with Crippen molar-refractivity contribution in [3.8, 4) is 0 Å². The first kappa shape index (κ1) is 28.2. The Kier molecular flexibility index (Phi) is 12.8. The summed E-state index contributed by atoms with van der Waals surface area (Å²) in [6, 6.07) is 19.5. The molecule has 0 aliphatic carbocycles. The Morgan fingerprint density at radius 2 is 1.52 bits per heavy atom. The van der Waals surface area contributed by atoms with E-state index in [9.17, 15) is 0 Å². The van der Waals surface area contributed by atoms with E-state index in [0.717, 1.165) is 42.9 Å². The topological polar surface area (TPSA) is 16.1 Å². The molecule has 2 nitrogen and oxygen atoms in total. The molecule has 0 saturated heterocycles. The van der Waals surface area contributed by atoms with Gasteiger partial charge in [-0.1, -0.05) is 94.3 Å². The highest BCUT2D eigenvalue weighted by Gasteiger charge is 2.13. The van der Waals surface area contributed by atoms with E-state index < -0.39 is 0 Å². The summed E-state index contributed by atoms with van der Waals surface area (Å²) >= 11 is 0. The molecule has 178 valence electrons. The molecule has 0 saturated carbocycles. The molecule has 0 fully saturated rings. The lowest BCUT2D eigenvalue weighted by molar-refractivity contribution is 0.854. The molecule has 0 spiro atoms. The third-order valence-corrected chi connectivity index (χ3v) is 5.47. The van der Waals surface area contributed by atoms with Crippen LogP contribution < -0.4 is 4.90 Å². The molecule has 0 N–H and O–H groups in total. The Bertz CT molecular complexity index is 970. The first-order valence-electron chi connectivity index (χ1n) is 12.3. The zero-order valence-electron chi connectivity index (χ0n) is 22.2. The van der Waals surface area contributed by atoms with Gasteiger partial charge >= 0.3 is 0 Å². The van der Waals surface area contributed by atoms with E-state index in [1.165, 1.54) is 27.8 Å². The maximum absolute atomic E-state index is 4.42. The fraction of sp³-hybridized carbons (Fsp3) is 0.387. The highest BCUT2D eigenvalue weighted by molar-refractivity contribution is 5.55. The van der Waals surface area contributed by atoms with Crippen molar-refractivity contribution in [2.24, 2.45) is 0 Å². The van der Waals surface area contributed by atoms with Crippen LogP contribution in [0.4, 0.5) is 5.69 Å². The molecule has 0 radical (unpaired) electrons. The summed E-state index contributed by atoms with van der Waals surface area (Å²) in [4.78, 5) is 6.68. The summed E-state index contributed by atoms with van der Waals surface area (Å²) in [5, 5.41) is 0. The standard InChI is InChI=1S/C20H26N2.C9H12.C2H6/c1-6-8-18-11-10-16(4)13-19(18)14-22(15(2)3)20-9-7-12-21-17(20)5;1-3-9-6-4-8(2)5-7-9;1-2/h7,9-13H,2,6,8,14H2,1,3-5H3;4-7H,3H2,1-2H3;1-2H3. The number of allylic oxidation sites excluding steroid dienone is 1. The molecular formula is C31H44N2. The van der Waals surface area contributed by atoms with Crippen LogP contribution in [0, 0.1) is 20.8 Å². The van der Waals surface area contributed by atoms with Gasteiger partial charge in [0.15, 0.2) is 0 Å². The molecule has 1 heterocycles. The van der Waals surface area contributed by atoms with Crippen LogP contribution in [-0.2, 0) is 19.4 Å². The highest BCUT2D eigenvalue weighted by atomic mass is 15.1. The van der Waals surface area contributed by atoms with Crippen LogP contribution in [0.1, 0.15) is 74.6 Å². The molecule has 2 heteroatoms. The molecule has 1 aromatic heterocycles. The van der Waals surface area contributed by atoms with E-state index in [4.69, 9.17) is 0 Å². The smallest absolute Gasteiger partial charge is 0.0627 e. The average molecular weight is 445 g/mol. The van der Waals surface area contributed by atoms with E-state index in [-0.39, 0.29) is 0 Å². The van der Waals surface area contributed by atoms with E-state index in [1.807, 2.05) is 26.1 Å². The number of benzene rings is 2. The second kappa shape index (κ2) is 15.1. The molecule has 3 rings (SSSR count). The Labute approximate surface area is 203 Å². The minimum absolute atomic E-state index is 0.846. The number of hydrogen-bond acceptors (Lipinski definition) is 2. The number of aryl methyl sites for hydroxylation is 5. The second-order valence-corrected chi connectivity index (χ2v) is 8.29. The molecule has 3 aromatic rings. The fourth-order valence-electron chi connectivity index (χ4n) is 3.60. The molecular weight excluding hydrogens is 400 g/mol. The van der Waals surface area contributed by atoms with E-state index in [1.54, 1.807) is 0 Å². The fourth-order valence-corrected chi connectivity index (χ4v) is 3.60. The highest BCUT2D eigenvalue weighted by Crippen LogP contribution is 2.25. The van der Waals surface area contributed by atoms with Gasteiger partial charge in [-0.15, -0.1) is 0 Å². The van der Waals surface area contributed by atoms with Gasteiger partial charge in [0.1, 0.15) is 0 Å². The van der Waals surface area contributed by atoms with Crippen LogP contribution >= 0.6 is 0 Å². The average Bonchev–Trinajstić information content (AvgIpc) is 2.82. The molecule has 0 unspecified atom stereocenters. The zero-order chi connectivity index (χ0) is 24.8. The van der Waals surface area contributed by atoms with Gasteiger partial charge in [0, 0.05) is 18.4 Å². The van der Waals surface area contributed by atoms with Crippen molar-refractivity contribution >= 4 is 5.69 Å². The predicted molar refractivity (Wildman–Crippen MR) is 147 cm³/mol. The van der Waals surface area contributed by atoms with Gasteiger partial charge < -0.3 is 4.90 Å². The van der Waals surface area contributed by atoms with Crippen molar-refractivity contribution in [1.82, 2.24) is 4.98 Å². The minimum Gasteiger partial charge on any atom is -0.340 e. The monoisotopic (exact) mass is 444 g/mol. The van der Waals surface area contributed by atoms with Crippen LogP contribution in [0.3, 0.4) is 0 Å². The van der Waals surface area contributed by atoms with Crippen LogP contribution in [0.15, 0.2) is 73.1 Å². The number of hydrogen-bond donors (Lipinski definition) is 0. The number of aromatic nitrogens is 1. The first-order chi connectivity index (χ1) is 15.8. The van der Waals surface area contributed by atoms with Crippen molar-refractivity contribution in [3.63, 3.8) is 0 Å². The quantitative estimate of drug-likeness (QED) is 0.362. The predicted octanol–water partition coefficient (Wildman–Crippen LogP) is 8.77. The molecule has 0 aliphatic rings. The zero-order valence-corrected chi connectivity index (χ0v) is 22.2. The van der Waals surface area contributed by atoms with Crippen LogP contribution in [-0.4, -0.2) is 4.98 Å². The summed E-state index contributed by atoms with van der Waals surface area (Å²) in [6.07, 6.45) is 5.26. The van der Waals surface area contributed by atoms with Crippen molar-refractivity contribution < 1.29 is 0 Å². The lowest BCUT2D eigenvalue weighted by Crippen LogP contribution is -2.22. The van der Waals surface area contributed by atoms with Gasteiger partial charge in [0.05, 0.1) is 11.4 Å². The summed E-state index contributed by atoms with van der Waals surface area (Å²) in [5.74, 6) is 0. The normalized spacial score (nSPS) is 9.82. The number of anilines is 1. The van der Waals surface area contributed by atoms with E-state index >= 15 is 0 Å². The Balaban J connectivity index is 0.000000412. The summed E-state index contributed by atoms with van der Waals surface area (Å²) < 4.78 is 0. The van der Waals surface area contributed by atoms with Crippen LogP contribution in [0.5, 0.6) is 0 Å². The SMILES string of the molecule is C=C(C)N(Cc1cc(C)ccc1CCC)c1cccnc1C.CC.CCc1ccc(C)cc1. The van der Waals surface area contributed by atoms with Crippen molar-refractivity contribution in [2.75, 3.05) is 4.90 Å². The lowest BCUT2D eigenvalue weighted by atomic mass is 10.00. The lowest BCUT2D eigenvalue weighted by Gasteiger charge is -2.27. The molecule has 0 bridgehead atoms. The first-order valence-corrected chi connectivity index (χ1v) is 12.3. The third-order valence-electron chi connectivity index (χ3n) is 5.47. The second-order valence-electron chi connectivity index (χ2n) is 8.29. The van der Waals surface area contributed by atoms with Gasteiger partial charge in [0.2, 0.25) is 0 Å². The van der Waals surface area contributed by atoms with Gasteiger partial charge in [-0.05, 0) is 69.4 Å². The maximum Gasteiger partial charge on any atom is 0.0627 e. The third kappa shape index (κ3) is 9.26. The van der Waals surface area contributed by atoms with Crippen LogP contribution in [0.2, 0.25) is 0 Å². The number of rotatable bonds is 7. The molecule has 0 atom stereocenters. The summed E-state index contributed by atoms with van der Waals surface area (Å²) in [7, 11) is 0. The maximum atomic E-state index is 4.42. The molecule has 2 aromatic carbocycles. The van der Waals surface area contributed by atoms with Gasteiger partial charge in [-0.3, -0.25) is 4.98 Å². The Hall–Kier alpha value is -2.87. The summed E-state index contributed by atoms with van der Waals surface area (Å²) in [6.45, 7) is 21.8. The van der Waals surface area contributed by atoms with Crippen molar-refractivity contribution in [1.29, 1.82) is 0 Å². The Morgan fingerprint density at radius 3 is 2.06 bits per heavy atom. The number of nitrogens with zero attached hydrogens (tertiary/aromatic N) is 2. The van der Waals surface area contributed by atoms with Crippen molar-refractivity contribution in [2.45, 2.75) is 81.2 Å². The van der Waals surface area contributed by atoms with Crippen molar-refractivity contribution in [3.05, 3.63) is 107 Å². The van der Waals surface area contributed by atoms with Gasteiger partial charge in [-0.25, -0.2) is 0 Å². The minimum atomic E-state index is 0.846. The van der Waals surface area contributed by atoms with E-state index in [2.05, 4.69) is 107 Å². The molecule has 0 aliphatic heterocycles. The van der Waals surface area contributed by atoms with Gasteiger partial charge in [-0.2, -0.15) is 0 Å². The Morgan fingerprint density at radius 1 is 0.879 bits per heavy atom. The van der Waals surface area contributed by atoms with Crippen LogP contribution in [0.25, 0.3) is 0 Å². The van der Waals surface area contributed by atoms with Gasteiger partial charge in [0.25, 0.3) is 0 Å². The molecule has 33 heavy (non-hydrogen) atoms. The molecule has 0 amide bonds.